The molecule has 20 aliphatic rings. The number of fused-ring (bicyclic) bond motifs is 8. The van der Waals surface area contributed by atoms with Crippen molar-refractivity contribution in [2.75, 3.05) is 0 Å². The first-order chi connectivity index (χ1) is 26.2. The third-order valence-corrected chi connectivity index (χ3v) is 17.8. The lowest BCUT2D eigenvalue weighted by Gasteiger charge is -3.03. The molecule has 54 heavy (non-hydrogen) atoms. The van der Waals surface area contributed by atoms with Crippen LogP contribution in [-0.4, -0.2) is 0 Å². The molecule has 20 saturated carbocycles. The quantitative estimate of drug-likeness (QED) is 0.231. The van der Waals surface area contributed by atoms with E-state index in [1.165, 1.54) is 101 Å². The van der Waals surface area contributed by atoms with E-state index >= 15 is 0 Å². The van der Waals surface area contributed by atoms with Crippen LogP contribution in [-0.2, 0) is 0 Å². The van der Waals surface area contributed by atoms with Crippen molar-refractivity contribution in [2.24, 2.45) is 107 Å². The second-order valence-electron chi connectivity index (χ2n) is 19.6. The lowest BCUT2D eigenvalue weighted by atomic mass is 9.01. The summed E-state index contributed by atoms with van der Waals surface area (Å²) in [4.78, 5) is 0. The van der Waals surface area contributed by atoms with E-state index in [0.29, 0.717) is 0 Å². The first kappa shape index (κ1) is 48.4. The summed E-state index contributed by atoms with van der Waals surface area (Å²) in [6.07, 6.45) is 36.0. The Morgan fingerprint density at radius 1 is 0.185 bits per heavy atom. The van der Waals surface area contributed by atoms with Crippen LogP contribution >= 0.6 is 0 Å². The molecule has 0 spiro atoms. The minimum Gasteiger partial charge on any atom is -0.0776 e. The molecular formula is C54H104. The Balaban J connectivity index is 0.000000165. The Hall–Kier alpha value is 0. The fraction of sp³-hybridized carbons (Fsp3) is 1.00. The van der Waals surface area contributed by atoms with Gasteiger partial charge >= 0.3 is 0 Å². The van der Waals surface area contributed by atoms with E-state index in [2.05, 4.69) is 0 Å². The van der Waals surface area contributed by atoms with Crippen LogP contribution in [0, 0.1) is 107 Å². The molecule has 0 atom stereocenters. The smallest absolute Gasteiger partial charge is 0.0312 e. The number of hydrogen-bond donors (Lipinski definition) is 0. The summed E-state index contributed by atoms with van der Waals surface area (Å²) in [5, 5.41) is 0. The van der Waals surface area contributed by atoms with Gasteiger partial charge in [0, 0.05) is 0 Å². The molecule has 0 aliphatic heterocycles. The molecule has 0 saturated heterocycles. The summed E-state index contributed by atoms with van der Waals surface area (Å²) in [7, 11) is 0. The van der Waals surface area contributed by atoms with Gasteiger partial charge in [0.25, 0.3) is 0 Å². The summed E-state index contributed by atoms with van der Waals surface area (Å²) in [6.45, 7) is 24.0. The SMILES string of the molecule is C.C12C3C4C1C1C2C3C41.C1C2CC1C2.C1CC2CC(C1)C2.C1CC2CC1C2.C1CC2CCC1C2.C1CC2CCC1CC2.CC.CC.CC.CC.CC.CC. The van der Waals surface area contributed by atoms with Gasteiger partial charge in [-0.15, -0.1) is 0 Å². The van der Waals surface area contributed by atoms with Crippen molar-refractivity contribution in [1.29, 1.82) is 0 Å². The van der Waals surface area contributed by atoms with Crippen molar-refractivity contribution < 1.29 is 0 Å². The van der Waals surface area contributed by atoms with E-state index in [1.54, 1.807) is 141 Å². The Morgan fingerprint density at radius 3 is 0.407 bits per heavy atom. The monoisotopic (exact) mass is 753 g/mol. The van der Waals surface area contributed by atoms with Crippen LogP contribution in [0.4, 0.5) is 0 Å². The second-order valence-corrected chi connectivity index (χ2v) is 19.6. The highest BCUT2D eigenvalue weighted by Gasteiger charge is 2.97. The summed E-state index contributed by atoms with van der Waals surface area (Å²) >= 11 is 0. The van der Waals surface area contributed by atoms with Crippen molar-refractivity contribution in [1.82, 2.24) is 0 Å². The lowest BCUT2D eigenvalue weighted by molar-refractivity contribution is -0.565. The van der Waals surface area contributed by atoms with Gasteiger partial charge in [0.2, 0.25) is 0 Å². The standard InChI is InChI=1S/C8H8.C8H14.2C7H12.C6H10.C5H8.6C2H6.CH4/c1-2-5-3(1)7-4(1)6(2)8(5)7;1-2-8-5-3-7(1)4-6-8;1-2-7-4-3-6(1)5-7;1-2-6-4-7(3-1)5-6;1-2-6-3-5(1)4-6;1-4-2-5(1)3-4;6*1-2;/h1-8H;7-8H,1-6H2;2*6-7H,1-5H2;5-6H,1-4H2;4-5H,1-3H2;6*1-2H3;1H4. The Labute approximate surface area is 343 Å². The van der Waals surface area contributed by atoms with Gasteiger partial charge in [-0.2, -0.15) is 0 Å². The zero-order chi connectivity index (χ0) is 38.7. The molecule has 20 rings (SSSR count). The van der Waals surface area contributed by atoms with E-state index in [4.69, 9.17) is 0 Å². The van der Waals surface area contributed by atoms with Crippen molar-refractivity contribution >= 4 is 0 Å². The normalized spacial score (nSPS) is 46.9. The molecule has 0 nitrogen and oxygen atoms in total. The molecule has 10 bridgehead atoms. The molecule has 0 amide bonds. The molecule has 0 N–H and O–H groups in total. The molecule has 0 unspecified atom stereocenters. The van der Waals surface area contributed by atoms with E-state index in [1.807, 2.05) is 83.1 Å². The summed E-state index contributed by atoms with van der Waals surface area (Å²) in [6, 6.07) is 0. The van der Waals surface area contributed by atoms with E-state index < -0.39 is 0 Å². The molecule has 0 aromatic carbocycles. The Kier molecular flexibility index (Phi) is 21.7. The van der Waals surface area contributed by atoms with Gasteiger partial charge in [-0.25, -0.2) is 0 Å². The van der Waals surface area contributed by atoms with E-state index in [9.17, 15) is 0 Å². The number of rotatable bonds is 0. The van der Waals surface area contributed by atoms with E-state index in [-0.39, 0.29) is 7.43 Å². The second kappa shape index (κ2) is 24.2. The van der Waals surface area contributed by atoms with Crippen molar-refractivity contribution in [3.63, 3.8) is 0 Å². The minimum absolute atomic E-state index is 0. The fourth-order valence-electron chi connectivity index (χ4n) is 14.8. The van der Waals surface area contributed by atoms with Gasteiger partial charge in [-0.3, -0.25) is 0 Å². The average Bonchev–Trinajstić information content (AvgIpc) is 4.07. The van der Waals surface area contributed by atoms with Crippen LogP contribution < -0.4 is 0 Å². The predicted octanol–water partition coefficient (Wildman–Crippen LogP) is 18.0. The van der Waals surface area contributed by atoms with Crippen molar-refractivity contribution in [2.45, 2.75) is 238 Å². The van der Waals surface area contributed by atoms with Crippen LogP contribution in [0.25, 0.3) is 0 Å². The van der Waals surface area contributed by atoms with Gasteiger partial charge in [0.1, 0.15) is 0 Å². The highest BCUT2D eigenvalue weighted by Crippen LogP contribution is 3.00. The van der Waals surface area contributed by atoms with E-state index in [0.717, 1.165) is 11.8 Å². The summed E-state index contributed by atoms with van der Waals surface area (Å²) in [5.41, 5.74) is 0. The zero-order valence-corrected chi connectivity index (χ0v) is 38.7. The third-order valence-electron chi connectivity index (χ3n) is 17.8. The highest BCUT2D eigenvalue weighted by atomic mass is 15.0. The van der Waals surface area contributed by atoms with Gasteiger partial charge in [0.15, 0.2) is 0 Å². The molecule has 0 radical (unpaired) electrons. The molecule has 20 fully saturated rings. The van der Waals surface area contributed by atoms with Crippen LogP contribution in [0.3, 0.4) is 0 Å². The Morgan fingerprint density at radius 2 is 0.333 bits per heavy atom. The maximum absolute atomic E-state index is 2.00. The summed E-state index contributed by atoms with van der Waals surface area (Å²) in [5.74, 6) is 22.5. The first-order valence-electron chi connectivity index (χ1n) is 26.2. The molecule has 0 aromatic rings. The number of hydrogen-bond acceptors (Lipinski definition) is 0. The first-order valence-corrected chi connectivity index (χ1v) is 26.2. The maximum atomic E-state index is 2.00. The minimum atomic E-state index is 0. The van der Waals surface area contributed by atoms with Crippen LogP contribution in [0.5, 0.6) is 0 Å². The maximum Gasteiger partial charge on any atom is -0.0312 e. The molecule has 0 heterocycles. The average molecular weight is 753 g/mol. The molecule has 0 heteroatoms. The zero-order valence-electron chi connectivity index (χ0n) is 38.7. The fourth-order valence-corrected chi connectivity index (χ4v) is 14.8. The molecule has 20 aliphatic carbocycles. The van der Waals surface area contributed by atoms with Crippen LogP contribution in [0.1, 0.15) is 238 Å². The Bertz CT molecular complexity index is 747. The van der Waals surface area contributed by atoms with Gasteiger partial charge < -0.3 is 0 Å². The highest BCUT2D eigenvalue weighted by molar-refractivity contribution is 5.44. The summed E-state index contributed by atoms with van der Waals surface area (Å²) < 4.78 is 0. The molecule has 0 aromatic heterocycles. The lowest BCUT2D eigenvalue weighted by Crippen LogP contribution is -3.00. The predicted molar refractivity (Wildman–Crippen MR) is 244 cm³/mol. The van der Waals surface area contributed by atoms with Crippen molar-refractivity contribution in [3.05, 3.63) is 0 Å². The van der Waals surface area contributed by atoms with Crippen LogP contribution in [0.15, 0.2) is 0 Å². The topological polar surface area (TPSA) is 0 Å². The van der Waals surface area contributed by atoms with Gasteiger partial charge in [-0.1, -0.05) is 187 Å². The third kappa shape index (κ3) is 10.1. The molecule has 320 valence electrons. The molecular weight excluding hydrogens is 649 g/mol. The van der Waals surface area contributed by atoms with Gasteiger partial charge in [0.05, 0.1) is 0 Å². The van der Waals surface area contributed by atoms with Crippen molar-refractivity contribution in [3.8, 4) is 0 Å². The van der Waals surface area contributed by atoms with Crippen LogP contribution in [0.2, 0.25) is 0 Å². The largest absolute Gasteiger partial charge is 0.0776 e. The van der Waals surface area contributed by atoms with Gasteiger partial charge in [-0.05, 0) is 158 Å².